The number of rotatable bonds is 0. The smallest absolute Gasteiger partial charge is 0.269 e. The molecule has 60 valence electrons. The van der Waals surface area contributed by atoms with Crippen LogP contribution >= 0.6 is 11.6 Å². The maximum atomic E-state index is 11.1. The van der Waals surface area contributed by atoms with Gasteiger partial charge in [-0.05, 0) is 24.9 Å². The van der Waals surface area contributed by atoms with Gasteiger partial charge in [0.05, 0.1) is 0 Å². The molecule has 1 saturated heterocycles. The van der Waals surface area contributed by atoms with Crippen LogP contribution in [0.3, 0.4) is 0 Å². The third kappa shape index (κ3) is 1.43. The molecule has 1 aliphatic rings. The minimum Gasteiger partial charge on any atom is -0.269 e. The lowest BCUT2D eigenvalue weighted by Gasteiger charge is -2.06. The Hall–Kier alpha value is -0.830. The number of imide groups is 1. The number of nitrogens with zero attached hydrogens (tertiary/aromatic N) is 1. The average Bonchev–Trinajstić information content (AvgIpc) is 2.30. The van der Waals surface area contributed by atoms with Crippen molar-refractivity contribution in [3.05, 3.63) is 11.6 Å². The number of amides is 2. The third-order valence-electron chi connectivity index (χ3n) is 1.69. The molecule has 0 bridgehead atoms. The number of carbonyl (C=O) groups is 2. The highest BCUT2D eigenvalue weighted by molar-refractivity contribution is 6.64. The van der Waals surface area contributed by atoms with Crippen molar-refractivity contribution in [3.63, 3.8) is 0 Å². The van der Waals surface area contributed by atoms with Gasteiger partial charge < -0.3 is 0 Å². The molecule has 2 amide bonds. The summed E-state index contributed by atoms with van der Waals surface area (Å²) in [5.74, 6) is -0.257. The predicted octanol–water partition coefficient (Wildman–Crippen LogP) is 1.52. The van der Waals surface area contributed by atoms with E-state index in [1.165, 1.54) is 0 Å². The van der Waals surface area contributed by atoms with E-state index in [0.717, 1.165) is 4.90 Å². The molecule has 0 aliphatic carbocycles. The fraction of sp³-hybridized carbons (Fsp3) is 0.429. The fourth-order valence-corrected chi connectivity index (χ4v) is 1.21. The lowest BCUT2D eigenvalue weighted by atomic mass is 10.2. The van der Waals surface area contributed by atoms with E-state index in [1.807, 2.05) is 0 Å². The van der Waals surface area contributed by atoms with Crippen molar-refractivity contribution in [2.75, 3.05) is 6.54 Å². The number of carbonyl (C=O) groups excluding carboxylic acids is 2. The summed E-state index contributed by atoms with van der Waals surface area (Å²) in [4.78, 5) is 22.7. The van der Waals surface area contributed by atoms with Crippen LogP contribution in [0.25, 0.3) is 0 Å². The minimum absolute atomic E-state index is 0.257. The molecule has 1 rings (SSSR count). The first kappa shape index (κ1) is 8.27. The minimum atomic E-state index is -0.688. The molecule has 0 aromatic carbocycles. The van der Waals surface area contributed by atoms with Gasteiger partial charge in [-0.2, -0.15) is 0 Å². The second-order valence-corrected chi connectivity index (χ2v) is 2.60. The van der Waals surface area contributed by atoms with Gasteiger partial charge in [0.2, 0.25) is 0 Å². The molecule has 0 N–H and O–H groups in total. The Bertz CT molecular complexity index is 235. The Morgan fingerprint density at radius 2 is 2.36 bits per heavy atom. The monoisotopic (exact) mass is 173 g/mol. The van der Waals surface area contributed by atoms with E-state index in [9.17, 15) is 9.59 Å². The van der Waals surface area contributed by atoms with E-state index in [2.05, 4.69) is 0 Å². The summed E-state index contributed by atoms with van der Waals surface area (Å²) < 4.78 is 0. The van der Waals surface area contributed by atoms with Crippen LogP contribution in [0.4, 0.5) is 4.79 Å². The van der Waals surface area contributed by atoms with Gasteiger partial charge in [0.1, 0.15) is 0 Å². The van der Waals surface area contributed by atoms with E-state index in [1.54, 1.807) is 13.0 Å². The second-order valence-electron chi connectivity index (χ2n) is 2.27. The molecular weight excluding hydrogens is 166 g/mol. The van der Waals surface area contributed by atoms with Crippen LogP contribution in [0.2, 0.25) is 0 Å². The zero-order chi connectivity index (χ0) is 8.43. The average molecular weight is 174 g/mol. The van der Waals surface area contributed by atoms with E-state index in [0.29, 0.717) is 18.5 Å². The molecule has 0 aromatic rings. The van der Waals surface area contributed by atoms with Crippen molar-refractivity contribution in [2.24, 2.45) is 0 Å². The topological polar surface area (TPSA) is 37.4 Å². The molecule has 0 radical (unpaired) electrons. The first-order chi connectivity index (χ1) is 5.16. The van der Waals surface area contributed by atoms with Crippen LogP contribution in [0.5, 0.6) is 0 Å². The standard InChI is InChI=1S/C7H8ClNO2/c1-2-5-3-4-9(6(5)10)7(8)11/h2H,3-4H2,1H3/b5-2-. The highest BCUT2D eigenvalue weighted by Gasteiger charge is 2.28. The summed E-state index contributed by atoms with van der Waals surface area (Å²) in [5, 5.41) is -0.688. The van der Waals surface area contributed by atoms with Crippen LogP contribution < -0.4 is 0 Å². The molecule has 0 aromatic heterocycles. The Labute approximate surface area is 69.6 Å². The predicted molar refractivity (Wildman–Crippen MR) is 41.3 cm³/mol. The molecule has 1 heterocycles. The third-order valence-corrected chi connectivity index (χ3v) is 1.89. The Kier molecular flexibility index (Phi) is 2.29. The number of allylic oxidation sites excluding steroid dienone is 1. The van der Waals surface area contributed by atoms with Gasteiger partial charge >= 0.3 is 5.37 Å². The van der Waals surface area contributed by atoms with Gasteiger partial charge in [-0.15, -0.1) is 0 Å². The maximum Gasteiger partial charge on any atom is 0.323 e. The van der Waals surface area contributed by atoms with Gasteiger partial charge in [0, 0.05) is 12.1 Å². The molecule has 4 heteroatoms. The van der Waals surface area contributed by atoms with Gasteiger partial charge in [-0.25, -0.2) is 0 Å². The highest BCUT2D eigenvalue weighted by Crippen LogP contribution is 2.17. The molecule has 0 spiro atoms. The van der Waals surface area contributed by atoms with Crippen molar-refractivity contribution in [1.29, 1.82) is 0 Å². The van der Waals surface area contributed by atoms with Crippen LogP contribution in [0, 0.1) is 0 Å². The molecule has 0 saturated carbocycles. The van der Waals surface area contributed by atoms with Crippen LogP contribution in [-0.4, -0.2) is 22.7 Å². The van der Waals surface area contributed by atoms with E-state index in [-0.39, 0.29) is 5.91 Å². The van der Waals surface area contributed by atoms with Crippen LogP contribution in [0.15, 0.2) is 11.6 Å². The molecular formula is C7H8ClNO2. The number of halogens is 1. The van der Waals surface area contributed by atoms with Gasteiger partial charge in [0.15, 0.2) is 0 Å². The molecule has 1 fully saturated rings. The summed E-state index contributed by atoms with van der Waals surface area (Å²) in [6.45, 7) is 2.19. The Morgan fingerprint density at radius 3 is 2.64 bits per heavy atom. The normalized spacial score (nSPS) is 21.5. The molecule has 11 heavy (non-hydrogen) atoms. The van der Waals surface area contributed by atoms with Crippen molar-refractivity contribution < 1.29 is 9.59 Å². The first-order valence-corrected chi connectivity index (χ1v) is 3.71. The summed E-state index contributed by atoms with van der Waals surface area (Å²) in [5.41, 5.74) is 0.666. The SMILES string of the molecule is C/C=C1/CCN(C(=O)Cl)C1=O. The van der Waals surface area contributed by atoms with E-state index < -0.39 is 5.37 Å². The summed E-state index contributed by atoms with van der Waals surface area (Å²) in [7, 11) is 0. The first-order valence-electron chi connectivity index (χ1n) is 3.33. The largest absolute Gasteiger partial charge is 0.323 e. The molecule has 1 aliphatic heterocycles. The lowest BCUT2D eigenvalue weighted by molar-refractivity contribution is -0.121. The van der Waals surface area contributed by atoms with Gasteiger partial charge in [-0.3, -0.25) is 14.5 Å². The molecule has 3 nitrogen and oxygen atoms in total. The fourth-order valence-electron chi connectivity index (χ4n) is 1.05. The van der Waals surface area contributed by atoms with Crippen LogP contribution in [-0.2, 0) is 4.79 Å². The lowest BCUT2D eigenvalue weighted by Crippen LogP contribution is -2.27. The number of hydrogen-bond acceptors (Lipinski definition) is 2. The van der Waals surface area contributed by atoms with Crippen LogP contribution in [0.1, 0.15) is 13.3 Å². The van der Waals surface area contributed by atoms with Crippen molar-refractivity contribution in [2.45, 2.75) is 13.3 Å². The van der Waals surface area contributed by atoms with E-state index in [4.69, 9.17) is 11.6 Å². The summed E-state index contributed by atoms with van der Waals surface area (Å²) in [6, 6.07) is 0. The summed E-state index contributed by atoms with van der Waals surface area (Å²) >= 11 is 5.14. The second kappa shape index (κ2) is 3.05. The van der Waals surface area contributed by atoms with Crippen molar-refractivity contribution in [1.82, 2.24) is 4.90 Å². The highest BCUT2D eigenvalue weighted by atomic mass is 35.5. The Morgan fingerprint density at radius 1 is 1.73 bits per heavy atom. The Balaban J connectivity index is 2.79. The molecule has 0 atom stereocenters. The van der Waals surface area contributed by atoms with E-state index >= 15 is 0 Å². The van der Waals surface area contributed by atoms with Gasteiger partial charge in [-0.1, -0.05) is 6.08 Å². The quantitative estimate of drug-likeness (QED) is 0.317. The summed E-state index contributed by atoms with van der Waals surface area (Å²) in [6.07, 6.45) is 2.33. The zero-order valence-electron chi connectivity index (χ0n) is 6.13. The molecule has 0 unspecified atom stereocenters. The van der Waals surface area contributed by atoms with Crippen molar-refractivity contribution in [3.8, 4) is 0 Å². The zero-order valence-corrected chi connectivity index (χ0v) is 6.89. The maximum absolute atomic E-state index is 11.1. The number of likely N-dealkylation sites (tertiary alicyclic amines) is 1. The van der Waals surface area contributed by atoms with Gasteiger partial charge in [0.25, 0.3) is 5.91 Å². The van der Waals surface area contributed by atoms with Crippen molar-refractivity contribution >= 4 is 22.9 Å². The number of hydrogen-bond donors (Lipinski definition) is 0.